The Morgan fingerprint density at radius 2 is 1.89 bits per heavy atom. The van der Waals surface area contributed by atoms with Crippen LogP contribution in [0.25, 0.3) is 0 Å². The summed E-state index contributed by atoms with van der Waals surface area (Å²) in [7, 11) is 0. The predicted molar refractivity (Wildman–Crippen MR) is 56.5 cm³/mol. The van der Waals surface area contributed by atoms with Gasteiger partial charge < -0.3 is 9.84 Å². The Kier molecular flexibility index (Phi) is 3.47. The molecule has 0 aliphatic heterocycles. The van der Waals surface area contributed by atoms with Gasteiger partial charge in [0, 0.05) is 11.8 Å². The van der Waals surface area contributed by atoms with Gasteiger partial charge in [0.05, 0.1) is 6.61 Å². The molecule has 1 aromatic heterocycles. The summed E-state index contributed by atoms with van der Waals surface area (Å²) in [6, 6.07) is 4.53. The van der Waals surface area contributed by atoms with E-state index in [4.69, 9.17) is 9.84 Å². The highest BCUT2D eigenvalue weighted by Gasteiger charge is 2.15. The van der Waals surface area contributed by atoms with E-state index in [0.29, 0.717) is 0 Å². The Morgan fingerprint density at radius 1 is 1.11 bits per heavy atom. The average Bonchev–Trinajstić information content (AvgIpc) is 2.37. The number of hydrogen-bond donors (Lipinski definition) is 1. The van der Waals surface area contributed by atoms with Crippen molar-refractivity contribution < 1.29 is 23.0 Å². The molecule has 0 amide bonds. The molecule has 2 aromatic rings. The lowest BCUT2D eigenvalue weighted by Crippen LogP contribution is -1.99. The van der Waals surface area contributed by atoms with E-state index in [-0.39, 0.29) is 5.56 Å². The molecule has 0 aliphatic carbocycles. The van der Waals surface area contributed by atoms with Crippen LogP contribution in [0.5, 0.6) is 11.6 Å². The SMILES string of the molecule is OCc1ccnc(Oc2cccc(F)c2F)c1F. The monoisotopic (exact) mass is 255 g/mol. The molecule has 1 heterocycles. The summed E-state index contributed by atoms with van der Waals surface area (Å²) in [5.74, 6) is -4.24. The summed E-state index contributed by atoms with van der Waals surface area (Å²) in [6.07, 6.45) is 1.20. The molecular formula is C12H8F3NO2. The molecule has 2 rings (SSSR count). The Hall–Kier alpha value is -2.08. The van der Waals surface area contributed by atoms with Crippen LogP contribution in [0.4, 0.5) is 13.2 Å². The fourth-order valence-electron chi connectivity index (χ4n) is 1.32. The first-order valence-electron chi connectivity index (χ1n) is 4.99. The molecule has 1 N–H and O–H groups in total. The maximum atomic E-state index is 13.6. The van der Waals surface area contributed by atoms with Gasteiger partial charge in [0.2, 0.25) is 5.82 Å². The van der Waals surface area contributed by atoms with E-state index >= 15 is 0 Å². The highest BCUT2D eigenvalue weighted by atomic mass is 19.2. The Balaban J connectivity index is 2.37. The number of ether oxygens (including phenoxy) is 1. The van der Waals surface area contributed by atoms with E-state index < -0.39 is 35.7 Å². The molecule has 3 nitrogen and oxygen atoms in total. The average molecular weight is 255 g/mol. The molecule has 0 bridgehead atoms. The fraction of sp³-hybridized carbons (Fsp3) is 0.0833. The summed E-state index contributed by atoms with van der Waals surface area (Å²) >= 11 is 0. The van der Waals surface area contributed by atoms with Crippen molar-refractivity contribution in [2.24, 2.45) is 0 Å². The van der Waals surface area contributed by atoms with Gasteiger partial charge >= 0.3 is 0 Å². The molecule has 18 heavy (non-hydrogen) atoms. The van der Waals surface area contributed by atoms with Gasteiger partial charge in [-0.05, 0) is 18.2 Å². The minimum absolute atomic E-state index is 0.0446. The number of aliphatic hydroxyl groups is 1. The fourth-order valence-corrected chi connectivity index (χ4v) is 1.32. The normalized spacial score (nSPS) is 10.4. The lowest BCUT2D eigenvalue weighted by atomic mass is 10.2. The van der Waals surface area contributed by atoms with Crippen LogP contribution in [0.1, 0.15) is 5.56 Å². The van der Waals surface area contributed by atoms with E-state index in [1.165, 1.54) is 18.3 Å². The largest absolute Gasteiger partial charge is 0.433 e. The first kappa shape index (κ1) is 12.4. The molecule has 0 saturated heterocycles. The van der Waals surface area contributed by atoms with Gasteiger partial charge in [-0.1, -0.05) is 6.07 Å². The van der Waals surface area contributed by atoms with Gasteiger partial charge in [0.1, 0.15) is 0 Å². The quantitative estimate of drug-likeness (QED) is 0.917. The van der Waals surface area contributed by atoms with Crippen LogP contribution in [0.2, 0.25) is 0 Å². The van der Waals surface area contributed by atoms with Crippen LogP contribution in [0.3, 0.4) is 0 Å². The van der Waals surface area contributed by atoms with Crippen molar-refractivity contribution in [1.82, 2.24) is 4.98 Å². The number of nitrogens with zero attached hydrogens (tertiary/aromatic N) is 1. The van der Waals surface area contributed by atoms with Crippen LogP contribution >= 0.6 is 0 Å². The zero-order valence-electron chi connectivity index (χ0n) is 9.03. The van der Waals surface area contributed by atoms with Crippen LogP contribution < -0.4 is 4.74 Å². The highest BCUT2D eigenvalue weighted by Crippen LogP contribution is 2.27. The van der Waals surface area contributed by atoms with Gasteiger partial charge in [-0.25, -0.2) is 13.8 Å². The van der Waals surface area contributed by atoms with E-state index in [2.05, 4.69) is 4.98 Å². The van der Waals surface area contributed by atoms with Gasteiger partial charge in [-0.2, -0.15) is 4.39 Å². The first-order chi connectivity index (χ1) is 8.63. The molecule has 0 aliphatic rings. The maximum absolute atomic E-state index is 13.6. The second-order valence-electron chi connectivity index (χ2n) is 3.40. The second kappa shape index (κ2) is 5.05. The topological polar surface area (TPSA) is 42.4 Å². The smallest absolute Gasteiger partial charge is 0.256 e. The van der Waals surface area contributed by atoms with Gasteiger partial charge in [-0.3, -0.25) is 0 Å². The third kappa shape index (κ3) is 2.28. The van der Waals surface area contributed by atoms with E-state index in [1.807, 2.05) is 0 Å². The summed E-state index contributed by atoms with van der Waals surface area (Å²) < 4.78 is 44.7. The van der Waals surface area contributed by atoms with Gasteiger partial charge in [-0.15, -0.1) is 0 Å². The maximum Gasteiger partial charge on any atom is 0.256 e. The lowest BCUT2D eigenvalue weighted by molar-refractivity contribution is 0.272. The number of aromatic nitrogens is 1. The lowest BCUT2D eigenvalue weighted by Gasteiger charge is -2.08. The molecular weight excluding hydrogens is 247 g/mol. The van der Waals surface area contributed by atoms with Crippen molar-refractivity contribution in [3.63, 3.8) is 0 Å². The Labute approximate surface area is 100 Å². The van der Waals surface area contributed by atoms with Gasteiger partial charge in [0.25, 0.3) is 5.88 Å². The van der Waals surface area contributed by atoms with E-state index in [0.717, 1.165) is 12.1 Å². The van der Waals surface area contributed by atoms with Crippen molar-refractivity contribution in [2.45, 2.75) is 6.61 Å². The molecule has 6 heteroatoms. The van der Waals surface area contributed by atoms with Crippen molar-refractivity contribution in [3.05, 3.63) is 53.5 Å². The van der Waals surface area contributed by atoms with Gasteiger partial charge in [0.15, 0.2) is 17.4 Å². The molecule has 0 unspecified atom stereocenters. The third-order valence-corrected chi connectivity index (χ3v) is 2.23. The number of benzene rings is 1. The van der Waals surface area contributed by atoms with E-state index in [1.54, 1.807) is 0 Å². The zero-order chi connectivity index (χ0) is 13.1. The van der Waals surface area contributed by atoms with Crippen LogP contribution in [-0.4, -0.2) is 10.1 Å². The number of hydrogen-bond acceptors (Lipinski definition) is 3. The van der Waals surface area contributed by atoms with Crippen molar-refractivity contribution in [1.29, 1.82) is 0 Å². The molecule has 0 atom stereocenters. The first-order valence-corrected chi connectivity index (χ1v) is 4.99. The summed E-state index contributed by atoms with van der Waals surface area (Å²) in [5, 5.41) is 8.85. The van der Waals surface area contributed by atoms with Crippen molar-refractivity contribution >= 4 is 0 Å². The van der Waals surface area contributed by atoms with Crippen LogP contribution in [0, 0.1) is 17.5 Å². The molecule has 0 spiro atoms. The molecule has 94 valence electrons. The number of pyridine rings is 1. The van der Waals surface area contributed by atoms with Crippen molar-refractivity contribution in [3.8, 4) is 11.6 Å². The molecule has 0 radical (unpaired) electrons. The summed E-state index contributed by atoms with van der Waals surface area (Å²) in [4.78, 5) is 3.56. The molecule has 0 fully saturated rings. The number of halogens is 3. The molecule has 1 aromatic carbocycles. The summed E-state index contributed by atoms with van der Waals surface area (Å²) in [5.41, 5.74) is -0.0446. The minimum atomic E-state index is -1.23. The highest BCUT2D eigenvalue weighted by molar-refractivity contribution is 5.31. The summed E-state index contributed by atoms with van der Waals surface area (Å²) in [6.45, 7) is -0.545. The standard InChI is InChI=1S/C12H8F3NO2/c13-8-2-1-3-9(11(8)15)18-12-10(14)7(6-17)4-5-16-12/h1-5,17H,6H2. The van der Waals surface area contributed by atoms with Crippen molar-refractivity contribution in [2.75, 3.05) is 0 Å². The molecule has 0 saturated carbocycles. The number of aliphatic hydroxyl groups excluding tert-OH is 1. The number of rotatable bonds is 3. The van der Waals surface area contributed by atoms with E-state index in [9.17, 15) is 13.2 Å². The third-order valence-electron chi connectivity index (χ3n) is 2.23. The zero-order valence-corrected chi connectivity index (χ0v) is 9.03. The predicted octanol–water partition coefficient (Wildman–Crippen LogP) is 2.78. The van der Waals surface area contributed by atoms with Crippen LogP contribution in [-0.2, 0) is 6.61 Å². The minimum Gasteiger partial charge on any atom is -0.433 e. The van der Waals surface area contributed by atoms with Crippen LogP contribution in [0.15, 0.2) is 30.5 Å². The second-order valence-corrected chi connectivity index (χ2v) is 3.40. The Morgan fingerprint density at radius 3 is 2.61 bits per heavy atom. The Bertz CT molecular complexity index is 575.